The Balaban J connectivity index is 1.77. The van der Waals surface area contributed by atoms with Gasteiger partial charge in [-0.25, -0.2) is 8.42 Å². The van der Waals surface area contributed by atoms with E-state index in [1.165, 1.54) is 17.0 Å². The second-order valence-electron chi connectivity index (χ2n) is 9.41. The minimum absolute atomic E-state index is 0.0746. The van der Waals surface area contributed by atoms with E-state index in [1.54, 1.807) is 42.5 Å². The number of sulfonamides is 1. The van der Waals surface area contributed by atoms with Crippen molar-refractivity contribution in [1.29, 1.82) is 0 Å². The van der Waals surface area contributed by atoms with Crippen LogP contribution in [0.3, 0.4) is 0 Å². The molecule has 7 nitrogen and oxygen atoms in total. The molecular weight excluding hydrogens is 649 g/mol. The summed E-state index contributed by atoms with van der Waals surface area (Å²) in [6.45, 7) is 1.88. The SMILES string of the molecule is CCNC(=O)[C@H](Cc1ccccc1)N(Cc1ccccc1)C(=O)CN(c1ccc(I)cc1)S(=O)(=O)c1ccccc1. The second kappa shape index (κ2) is 14.3. The van der Waals surface area contributed by atoms with Crippen LogP contribution in [-0.2, 0) is 32.6 Å². The highest BCUT2D eigenvalue weighted by atomic mass is 127. The smallest absolute Gasteiger partial charge is 0.264 e. The Morgan fingerprint density at radius 3 is 1.88 bits per heavy atom. The molecule has 0 fully saturated rings. The number of carbonyl (C=O) groups is 2. The molecule has 212 valence electrons. The van der Waals surface area contributed by atoms with Gasteiger partial charge in [-0.3, -0.25) is 13.9 Å². The van der Waals surface area contributed by atoms with Gasteiger partial charge in [-0.2, -0.15) is 0 Å². The lowest BCUT2D eigenvalue weighted by atomic mass is 10.0. The summed E-state index contributed by atoms with van der Waals surface area (Å²) >= 11 is 2.15. The van der Waals surface area contributed by atoms with Crippen molar-refractivity contribution in [3.63, 3.8) is 0 Å². The molecule has 9 heteroatoms. The third-order valence-corrected chi connectivity index (χ3v) is 9.05. The maximum atomic E-state index is 14.3. The minimum Gasteiger partial charge on any atom is -0.355 e. The summed E-state index contributed by atoms with van der Waals surface area (Å²) in [7, 11) is -4.10. The van der Waals surface area contributed by atoms with E-state index in [2.05, 4.69) is 27.9 Å². The lowest BCUT2D eigenvalue weighted by Gasteiger charge is -2.33. The van der Waals surface area contributed by atoms with Crippen LogP contribution in [0, 0.1) is 3.57 Å². The maximum Gasteiger partial charge on any atom is 0.264 e. The van der Waals surface area contributed by atoms with Gasteiger partial charge in [0.15, 0.2) is 0 Å². The van der Waals surface area contributed by atoms with Crippen LogP contribution in [0.5, 0.6) is 0 Å². The molecule has 1 atom stereocenters. The highest BCUT2D eigenvalue weighted by Gasteiger charge is 2.34. The third-order valence-electron chi connectivity index (χ3n) is 6.54. The van der Waals surface area contributed by atoms with Crippen LogP contribution in [0.15, 0.2) is 120 Å². The predicted octanol–water partition coefficient (Wildman–Crippen LogP) is 5.26. The van der Waals surface area contributed by atoms with E-state index in [0.717, 1.165) is 19.0 Å². The first kappa shape index (κ1) is 30.3. The summed E-state index contributed by atoms with van der Waals surface area (Å²) in [5.41, 5.74) is 2.08. The van der Waals surface area contributed by atoms with Crippen LogP contribution < -0.4 is 9.62 Å². The van der Waals surface area contributed by atoms with Gasteiger partial charge in [-0.05, 0) is 77.0 Å². The molecule has 0 heterocycles. The number of hydrogen-bond acceptors (Lipinski definition) is 4. The summed E-state index contributed by atoms with van der Waals surface area (Å²) in [5, 5.41) is 2.87. The van der Waals surface area contributed by atoms with Crippen LogP contribution in [0.1, 0.15) is 18.1 Å². The molecule has 0 unspecified atom stereocenters. The fourth-order valence-electron chi connectivity index (χ4n) is 4.48. The summed E-state index contributed by atoms with van der Waals surface area (Å²) < 4.78 is 29.9. The Morgan fingerprint density at radius 2 is 1.32 bits per heavy atom. The van der Waals surface area contributed by atoms with Crippen molar-refractivity contribution in [3.05, 3.63) is 130 Å². The zero-order valence-electron chi connectivity index (χ0n) is 22.7. The van der Waals surface area contributed by atoms with Crippen molar-refractivity contribution < 1.29 is 18.0 Å². The van der Waals surface area contributed by atoms with Crippen molar-refractivity contribution in [1.82, 2.24) is 10.2 Å². The number of hydrogen-bond donors (Lipinski definition) is 1. The lowest BCUT2D eigenvalue weighted by molar-refractivity contribution is -0.140. The van der Waals surface area contributed by atoms with Crippen molar-refractivity contribution in [3.8, 4) is 0 Å². The number of amides is 2. The normalized spacial score (nSPS) is 11.9. The number of halogens is 1. The molecule has 0 radical (unpaired) electrons. The average Bonchev–Trinajstić information content (AvgIpc) is 2.99. The monoisotopic (exact) mass is 681 g/mol. The fourth-order valence-corrected chi connectivity index (χ4v) is 6.28. The predicted molar refractivity (Wildman–Crippen MR) is 170 cm³/mol. The Hall–Kier alpha value is -3.70. The highest BCUT2D eigenvalue weighted by molar-refractivity contribution is 14.1. The van der Waals surface area contributed by atoms with Gasteiger partial charge in [0.25, 0.3) is 10.0 Å². The molecule has 0 aliphatic heterocycles. The summed E-state index contributed by atoms with van der Waals surface area (Å²) in [6.07, 6.45) is 0.278. The van der Waals surface area contributed by atoms with E-state index in [1.807, 2.05) is 67.6 Å². The molecule has 41 heavy (non-hydrogen) atoms. The van der Waals surface area contributed by atoms with E-state index >= 15 is 0 Å². The molecule has 2 amide bonds. The number of nitrogens with zero attached hydrogens (tertiary/aromatic N) is 2. The third kappa shape index (κ3) is 7.95. The molecule has 0 spiro atoms. The van der Waals surface area contributed by atoms with Gasteiger partial charge in [-0.1, -0.05) is 78.9 Å². The number of rotatable bonds is 12. The average molecular weight is 682 g/mol. The highest BCUT2D eigenvalue weighted by Crippen LogP contribution is 2.25. The van der Waals surface area contributed by atoms with Gasteiger partial charge < -0.3 is 10.2 Å². The summed E-state index contributed by atoms with van der Waals surface area (Å²) in [4.78, 5) is 29.3. The van der Waals surface area contributed by atoms with Gasteiger partial charge in [0.05, 0.1) is 10.6 Å². The fraction of sp³-hybridized carbons (Fsp3) is 0.188. The standard InChI is InChI=1S/C32H32IN3O4S/c1-2-34-32(38)30(22-25-12-6-3-7-13-25)35(23-26-14-8-4-9-15-26)31(37)24-36(28-20-18-27(33)19-21-28)41(39,40)29-16-10-5-11-17-29/h3-21,30H,2,22-24H2,1H3,(H,34,38)/t30-/m0/s1. The molecule has 0 aliphatic carbocycles. The second-order valence-corrected chi connectivity index (χ2v) is 12.5. The number of nitrogens with one attached hydrogen (secondary N) is 1. The largest absolute Gasteiger partial charge is 0.355 e. The topological polar surface area (TPSA) is 86.8 Å². The van der Waals surface area contributed by atoms with Crippen LogP contribution in [0.2, 0.25) is 0 Å². The first-order valence-electron chi connectivity index (χ1n) is 13.3. The number of likely N-dealkylation sites (N-methyl/N-ethyl adjacent to an activating group) is 1. The van der Waals surface area contributed by atoms with Gasteiger partial charge in [0, 0.05) is 23.1 Å². The molecule has 0 bridgehead atoms. The van der Waals surface area contributed by atoms with Gasteiger partial charge in [-0.15, -0.1) is 0 Å². The molecule has 0 saturated carbocycles. The zero-order valence-corrected chi connectivity index (χ0v) is 25.7. The zero-order chi connectivity index (χ0) is 29.2. The van der Waals surface area contributed by atoms with E-state index in [-0.39, 0.29) is 23.8 Å². The van der Waals surface area contributed by atoms with Crippen LogP contribution >= 0.6 is 22.6 Å². The Bertz CT molecular complexity index is 1530. The Morgan fingerprint density at radius 1 is 0.780 bits per heavy atom. The van der Waals surface area contributed by atoms with Gasteiger partial charge in [0.2, 0.25) is 11.8 Å². The Labute approximate surface area is 255 Å². The molecular formula is C32H32IN3O4S. The Kier molecular flexibility index (Phi) is 10.5. The van der Waals surface area contributed by atoms with Crippen molar-refractivity contribution >= 4 is 50.1 Å². The maximum absolute atomic E-state index is 14.3. The van der Waals surface area contributed by atoms with Crippen molar-refractivity contribution in [2.45, 2.75) is 30.8 Å². The number of carbonyl (C=O) groups excluding carboxylic acids is 2. The van der Waals surface area contributed by atoms with Crippen LogP contribution in [0.4, 0.5) is 5.69 Å². The number of anilines is 1. The van der Waals surface area contributed by atoms with Crippen LogP contribution in [0.25, 0.3) is 0 Å². The summed E-state index contributed by atoms with van der Waals surface area (Å²) in [6, 6.07) is 33.0. The van der Waals surface area contributed by atoms with Gasteiger partial charge >= 0.3 is 0 Å². The summed E-state index contributed by atoms with van der Waals surface area (Å²) in [5.74, 6) is -0.786. The van der Waals surface area contributed by atoms with Crippen molar-refractivity contribution in [2.75, 3.05) is 17.4 Å². The van der Waals surface area contributed by atoms with Gasteiger partial charge in [0.1, 0.15) is 12.6 Å². The van der Waals surface area contributed by atoms with Crippen molar-refractivity contribution in [2.24, 2.45) is 0 Å². The molecule has 4 aromatic carbocycles. The van der Waals surface area contributed by atoms with E-state index in [4.69, 9.17) is 0 Å². The molecule has 1 N–H and O–H groups in total. The van der Waals surface area contributed by atoms with E-state index in [0.29, 0.717) is 12.2 Å². The van der Waals surface area contributed by atoms with E-state index < -0.39 is 28.5 Å². The minimum atomic E-state index is -4.10. The number of benzene rings is 4. The molecule has 0 aromatic heterocycles. The molecule has 4 rings (SSSR count). The molecule has 0 saturated heterocycles. The van der Waals surface area contributed by atoms with E-state index in [9.17, 15) is 18.0 Å². The first-order chi connectivity index (χ1) is 19.8. The van der Waals surface area contributed by atoms with Crippen LogP contribution in [-0.4, -0.2) is 44.3 Å². The molecule has 0 aliphatic rings. The lowest BCUT2D eigenvalue weighted by Crippen LogP contribution is -2.53. The quantitative estimate of drug-likeness (QED) is 0.207. The first-order valence-corrected chi connectivity index (χ1v) is 15.8. The molecule has 4 aromatic rings.